The van der Waals surface area contributed by atoms with E-state index in [-0.39, 0.29) is 17.3 Å². The third-order valence-electron chi connectivity index (χ3n) is 3.50. The van der Waals surface area contributed by atoms with Gasteiger partial charge in [-0.25, -0.2) is 9.37 Å². The van der Waals surface area contributed by atoms with E-state index in [0.29, 0.717) is 22.3 Å². The molecule has 3 rings (SSSR count). The van der Waals surface area contributed by atoms with Gasteiger partial charge in [0, 0.05) is 17.0 Å². The second-order valence-electron chi connectivity index (χ2n) is 5.34. The van der Waals surface area contributed by atoms with Crippen molar-refractivity contribution in [3.8, 4) is 17.2 Å². The fourth-order valence-corrected chi connectivity index (χ4v) is 2.29. The molecule has 0 saturated carbocycles. The van der Waals surface area contributed by atoms with Crippen LogP contribution in [0, 0.1) is 5.82 Å². The number of hydrogen-bond donors (Lipinski definition) is 3. The summed E-state index contributed by atoms with van der Waals surface area (Å²) in [4.78, 5) is 26.3. The highest BCUT2D eigenvalue weighted by Gasteiger charge is 2.16. The number of aliphatic carboxylic acids is 1. The van der Waals surface area contributed by atoms with Crippen molar-refractivity contribution in [3.05, 3.63) is 60.2 Å². The van der Waals surface area contributed by atoms with Gasteiger partial charge in [0.1, 0.15) is 23.9 Å². The van der Waals surface area contributed by atoms with Crippen molar-refractivity contribution in [3.63, 3.8) is 0 Å². The second kappa shape index (κ2) is 7.06. The number of nitrogens with one attached hydrogen (secondary N) is 1. The highest BCUT2D eigenvalue weighted by Crippen LogP contribution is 2.31. The molecule has 3 aromatic rings. The number of carbonyl (C=O) groups excluding carboxylic acids is 1. The van der Waals surface area contributed by atoms with Crippen LogP contribution in [0.15, 0.2) is 48.7 Å². The number of halogens is 1. The minimum absolute atomic E-state index is 0.272. The lowest BCUT2D eigenvalue weighted by molar-refractivity contribution is -0.135. The first kappa shape index (κ1) is 17.2. The van der Waals surface area contributed by atoms with Crippen LogP contribution < -0.4 is 10.1 Å². The zero-order valence-corrected chi connectivity index (χ0v) is 13.3. The van der Waals surface area contributed by atoms with Crippen LogP contribution in [0.5, 0.6) is 17.2 Å². The van der Waals surface area contributed by atoms with Crippen LogP contribution in [-0.4, -0.2) is 33.6 Å². The maximum atomic E-state index is 12.9. The number of aromatic hydroxyl groups is 1. The second-order valence-corrected chi connectivity index (χ2v) is 5.34. The van der Waals surface area contributed by atoms with Gasteiger partial charge in [0.2, 0.25) is 0 Å². The molecule has 0 unspecified atom stereocenters. The standard InChI is InChI=1S/C18H13FN2O5/c19-11-1-3-12(4-2-11)26-13-5-6-14-10(7-13)8-20-16(17(14)24)18(25)21-9-15(22)23/h1-8,24H,9H2,(H,21,25)(H,22,23). The Kier molecular flexibility index (Phi) is 4.66. The molecular weight excluding hydrogens is 343 g/mol. The number of carboxylic acid groups (broad SMARTS) is 1. The van der Waals surface area contributed by atoms with Gasteiger partial charge in [0.15, 0.2) is 11.4 Å². The fourth-order valence-electron chi connectivity index (χ4n) is 2.29. The molecule has 0 bridgehead atoms. The molecule has 1 aromatic heterocycles. The number of hydrogen-bond acceptors (Lipinski definition) is 5. The van der Waals surface area contributed by atoms with Gasteiger partial charge >= 0.3 is 5.97 Å². The number of rotatable bonds is 5. The summed E-state index contributed by atoms with van der Waals surface area (Å²) < 4.78 is 18.5. The summed E-state index contributed by atoms with van der Waals surface area (Å²) in [5.74, 6) is -1.86. The molecule has 1 amide bonds. The lowest BCUT2D eigenvalue weighted by Gasteiger charge is -2.09. The number of carbonyl (C=O) groups is 2. The average molecular weight is 356 g/mol. The Balaban J connectivity index is 1.87. The molecule has 2 aromatic carbocycles. The lowest BCUT2D eigenvalue weighted by Crippen LogP contribution is -2.29. The largest absolute Gasteiger partial charge is 0.505 e. The molecule has 3 N–H and O–H groups in total. The van der Waals surface area contributed by atoms with Gasteiger partial charge < -0.3 is 20.3 Å². The van der Waals surface area contributed by atoms with E-state index in [1.807, 2.05) is 0 Å². The smallest absolute Gasteiger partial charge is 0.322 e. The van der Waals surface area contributed by atoms with Gasteiger partial charge in [0.05, 0.1) is 0 Å². The first-order chi connectivity index (χ1) is 12.4. The van der Waals surface area contributed by atoms with Crippen LogP contribution in [0.2, 0.25) is 0 Å². The Labute approximate surface area is 146 Å². The Bertz CT molecular complexity index is 989. The predicted octanol–water partition coefficient (Wildman–Crippen LogP) is 2.69. The van der Waals surface area contributed by atoms with Gasteiger partial charge in [-0.3, -0.25) is 9.59 Å². The predicted molar refractivity (Wildman–Crippen MR) is 89.9 cm³/mol. The van der Waals surface area contributed by atoms with E-state index in [2.05, 4.69) is 10.3 Å². The van der Waals surface area contributed by atoms with Gasteiger partial charge in [-0.1, -0.05) is 0 Å². The van der Waals surface area contributed by atoms with Crippen molar-refractivity contribution < 1.29 is 28.9 Å². The number of carboxylic acids is 1. The Hall–Kier alpha value is -3.68. The van der Waals surface area contributed by atoms with E-state index < -0.39 is 18.4 Å². The normalized spacial score (nSPS) is 10.5. The van der Waals surface area contributed by atoms with Crippen LogP contribution in [0.1, 0.15) is 10.5 Å². The van der Waals surface area contributed by atoms with Crippen LogP contribution in [-0.2, 0) is 4.79 Å². The van der Waals surface area contributed by atoms with Gasteiger partial charge in [-0.05, 0) is 42.5 Å². The number of aromatic nitrogens is 1. The Morgan fingerprint density at radius 1 is 1.12 bits per heavy atom. The van der Waals surface area contributed by atoms with Crippen molar-refractivity contribution in [1.29, 1.82) is 0 Å². The van der Waals surface area contributed by atoms with Crippen molar-refractivity contribution in [2.24, 2.45) is 0 Å². The first-order valence-electron chi connectivity index (χ1n) is 7.49. The van der Waals surface area contributed by atoms with Gasteiger partial charge in [-0.2, -0.15) is 0 Å². The zero-order chi connectivity index (χ0) is 18.7. The molecule has 0 aliphatic rings. The summed E-state index contributed by atoms with van der Waals surface area (Å²) in [6, 6.07) is 10.2. The topological polar surface area (TPSA) is 109 Å². The Morgan fingerprint density at radius 2 is 1.81 bits per heavy atom. The number of nitrogens with zero attached hydrogens (tertiary/aromatic N) is 1. The molecule has 0 atom stereocenters. The quantitative estimate of drug-likeness (QED) is 0.649. The van der Waals surface area contributed by atoms with E-state index in [1.54, 1.807) is 18.2 Å². The van der Waals surface area contributed by atoms with Crippen LogP contribution in [0.25, 0.3) is 10.8 Å². The van der Waals surface area contributed by atoms with Crippen LogP contribution in [0.3, 0.4) is 0 Å². The number of pyridine rings is 1. The maximum Gasteiger partial charge on any atom is 0.322 e. The third-order valence-corrected chi connectivity index (χ3v) is 3.50. The van der Waals surface area contributed by atoms with E-state index in [4.69, 9.17) is 9.84 Å². The highest BCUT2D eigenvalue weighted by atomic mass is 19.1. The average Bonchev–Trinajstić information content (AvgIpc) is 2.62. The molecule has 26 heavy (non-hydrogen) atoms. The number of benzene rings is 2. The monoisotopic (exact) mass is 356 g/mol. The SMILES string of the molecule is O=C(O)CNC(=O)c1ncc2cc(Oc3ccc(F)cc3)ccc2c1O. The molecule has 0 aliphatic carbocycles. The first-order valence-corrected chi connectivity index (χ1v) is 7.49. The third kappa shape index (κ3) is 3.69. The van der Waals surface area contributed by atoms with Crippen molar-refractivity contribution in [1.82, 2.24) is 10.3 Å². The molecule has 0 spiro atoms. The van der Waals surface area contributed by atoms with Crippen molar-refractivity contribution in [2.45, 2.75) is 0 Å². The maximum absolute atomic E-state index is 12.9. The molecular formula is C18H13FN2O5. The summed E-state index contributed by atoms with van der Waals surface area (Å²) in [5, 5.41) is 21.8. The summed E-state index contributed by atoms with van der Waals surface area (Å²) in [7, 11) is 0. The lowest BCUT2D eigenvalue weighted by atomic mass is 10.1. The van der Waals surface area contributed by atoms with E-state index >= 15 is 0 Å². The number of ether oxygens (including phenoxy) is 1. The summed E-state index contributed by atoms with van der Waals surface area (Å²) >= 11 is 0. The Morgan fingerprint density at radius 3 is 2.50 bits per heavy atom. The zero-order valence-electron chi connectivity index (χ0n) is 13.3. The molecule has 0 aliphatic heterocycles. The van der Waals surface area contributed by atoms with Crippen molar-refractivity contribution >= 4 is 22.6 Å². The molecule has 0 radical (unpaired) electrons. The molecule has 8 heteroatoms. The molecule has 1 heterocycles. The van der Waals surface area contributed by atoms with Gasteiger partial charge in [0.25, 0.3) is 5.91 Å². The van der Waals surface area contributed by atoms with Crippen LogP contribution >= 0.6 is 0 Å². The fraction of sp³-hybridized carbons (Fsp3) is 0.0556. The molecule has 0 saturated heterocycles. The van der Waals surface area contributed by atoms with E-state index in [1.165, 1.54) is 30.5 Å². The number of amides is 1. The summed E-state index contributed by atoms with van der Waals surface area (Å²) in [6.45, 7) is -0.581. The van der Waals surface area contributed by atoms with Crippen LogP contribution in [0.4, 0.5) is 4.39 Å². The van der Waals surface area contributed by atoms with E-state index in [9.17, 15) is 19.1 Å². The number of fused-ring (bicyclic) bond motifs is 1. The minimum Gasteiger partial charge on any atom is -0.505 e. The minimum atomic E-state index is -1.21. The van der Waals surface area contributed by atoms with Crippen molar-refractivity contribution in [2.75, 3.05) is 6.54 Å². The molecule has 7 nitrogen and oxygen atoms in total. The molecule has 132 valence electrons. The summed E-state index contributed by atoms with van der Waals surface area (Å²) in [6.07, 6.45) is 1.36. The molecule has 0 fully saturated rings. The van der Waals surface area contributed by atoms with E-state index in [0.717, 1.165) is 0 Å². The summed E-state index contributed by atoms with van der Waals surface area (Å²) in [5.41, 5.74) is -0.272. The highest BCUT2D eigenvalue weighted by molar-refractivity contribution is 6.02. The van der Waals surface area contributed by atoms with Gasteiger partial charge in [-0.15, -0.1) is 0 Å².